The average molecular weight is 456 g/mol. The molecule has 1 N–H and O–H groups in total. The fourth-order valence-corrected chi connectivity index (χ4v) is 2.71. The second kappa shape index (κ2) is 9.54. The number of nitrogens with zero attached hydrogens (tertiary/aromatic N) is 7. The lowest BCUT2D eigenvalue weighted by atomic mass is 10.3. The Balaban J connectivity index is 0.00000225. The summed E-state index contributed by atoms with van der Waals surface area (Å²) < 4.78 is 1.86. The van der Waals surface area contributed by atoms with Crippen molar-refractivity contribution in [2.24, 2.45) is 12.0 Å². The predicted molar refractivity (Wildman–Crippen MR) is 109 cm³/mol. The van der Waals surface area contributed by atoms with Gasteiger partial charge in [-0.1, -0.05) is 0 Å². The van der Waals surface area contributed by atoms with Crippen LogP contribution in [0.15, 0.2) is 35.7 Å². The average Bonchev–Trinajstić information content (AvgIpc) is 3.04. The van der Waals surface area contributed by atoms with Crippen LogP contribution in [0.3, 0.4) is 0 Å². The van der Waals surface area contributed by atoms with Crippen molar-refractivity contribution in [2.45, 2.75) is 13.5 Å². The zero-order valence-corrected chi connectivity index (χ0v) is 17.0. The Morgan fingerprint density at radius 3 is 2.48 bits per heavy atom. The van der Waals surface area contributed by atoms with Crippen LogP contribution in [0.25, 0.3) is 0 Å². The van der Waals surface area contributed by atoms with E-state index in [0.717, 1.165) is 50.3 Å². The van der Waals surface area contributed by atoms with Gasteiger partial charge in [-0.25, -0.2) is 15.0 Å². The number of hydrogen-bond donors (Lipinski definition) is 1. The van der Waals surface area contributed by atoms with E-state index < -0.39 is 0 Å². The first-order valence-electron chi connectivity index (χ1n) is 8.30. The highest BCUT2D eigenvalue weighted by Crippen LogP contribution is 2.10. The van der Waals surface area contributed by atoms with E-state index in [1.807, 2.05) is 23.9 Å². The lowest BCUT2D eigenvalue weighted by Crippen LogP contribution is -2.53. The first kappa shape index (κ1) is 19.4. The van der Waals surface area contributed by atoms with Crippen LogP contribution < -0.4 is 10.2 Å². The number of piperazine rings is 1. The van der Waals surface area contributed by atoms with E-state index in [9.17, 15) is 0 Å². The monoisotopic (exact) mass is 456 g/mol. The highest BCUT2D eigenvalue weighted by Gasteiger charge is 2.21. The fourth-order valence-electron chi connectivity index (χ4n) is 2.71. The quantitative estimate of drug-likeness (QED) is 0.422. The number of aromatic nitrogens is 4. The smallest absolute Gasteiger partial charge is 0.225 e. The standard InChI is InChI=1S/C16H24N8.HI/c1-3-17-15(20-13-14-5-8-21-22(14)2)23-9-11-24(12-10-23)16-18-6-4-7-19-16;/h4-8H,3,9-13H2,1-2H3,(H,17,20);1H. The topological polar surface area (TPSA) is 74.5 Å². The van der Waals surface area contributed by atoms with Crippen LogP contribution in [-0.2, 0) is 13.6 Å². The second-order valence-electron chi connectivity index (χ2n) is 5.64. The summed E-state index contributed by atoms with van der Waals surface area (Å²) in [5.74, 6) is 1.75. The second-order valence-corrected chi connectivity index (χ2v) is 5.64. The van der Waals surface area contributed by atoms with Gasteiger partial charge in [0.1, 0.15) is 0 Å². The molecule has 3 rings (SSSR count). The lowest BCUT2D eigenvalue weighted by Gasteiger charge is -2.36. The molecule has 136 valence electrons. The van der Waals surface area contributed by atoms with Crippen molar-refractivity contribution >= 4 is 35.9 Å². The SMILES string of the molecule is CCNC(=NCc1ccnn1C)N1CCN(c2ncccn2)CC1.I. The molecule has 0 atom stereocenters. The number of nitrogens with one attached hydrogen (secondary N) is 1. The molecule has 0 saturated carbocycles. The summed E-state index contributed by atoms with van der Waals surface area (Å²) in [6, 6.07) is 3.84. The number of aryl methyl sites for hydroxylation is 1. The Morgan fingerprint density at radius 1 is 1.16 bits per heavy atom. The van der Waals surface area contributed by atoms with Crippen molar-refractivity contribution in [1.82, 2.24) is 30.0 Å². The van der Waals surface area contributed by atoms with Gasteiger partial charge in [-0.2, -0.15) is 5.10 Å². The van der Waals surface area contributed by atoms with Crippen molar-refractivity contribution in [3.63, 3.8) is 0 Å². The molecule has 1 saturated heterocycles. The summed E-state index contributed by atoms with van der Waals surface area (Å²) in [4.78, 5) is 17.9. The molecule has 0 amide bonds. The van der Waals surface area contributed by atoms with Crippen LogP contribution in [0.5, 0.6) is 0 Å². The Kier molecular flexibility index (Phi) is 7.41. The Morgan fingerprint density at radius 2 is 1.88 bits per heavy atom. The van der Waals surface area contributed by atoms with E-state index in [1.54, 1.807) is 18.6 Å². The fraction of sp³-hybridized carbons (Fsp3) is 0.500. The van der Waals surface area contributed by atoms with Gasteiger partial charge in [-0.15, -0.1) is 24.0 Å². The third-order valence-corrected chi connectivity index (χ3v) is 4.06. The minimum Gasteiger partial charge on any atom is -0.357 e. The number of aliphatic imine (C=N–C) groups is 1. The van der Waals surface area contributed by atoms with Crippen LogP contribution in [-0.4, -0.2) is 63.3 Å². The van der Waals surface area contributed by atoms with Gasteiger partial charge in [0, 0.05) is 58.4 Å². The molecule has 0 spiro atoms. The molecule has 1 fully saturated rings. The van der Waals surface area contributed by atoms with Crippen LogP contribution in [0, 0.1) is 0 Å². The van der Waals surface area contributed by atoms with Gasteiger partial charge >= 0.3 is 0 Å². The number of anilines is 1. The van der Waals surface area contributed by atoms with Crippen molar-refractivity contribution in [3.8, 4) is 0 Å². The van der Waals surface area contributed by atoms with E-state index in [0.29, 0.717) is 6.54 Å². The zero-order chi connectivity index (χ0) is 16.8. The number of hydrogen-bond acceptors (Lipinski definition) is 5. The normalized spacial score (nSPS) is 15.0. The van der Waals surface area contributed by atoms with Gasteiger partial charge in [0.15, 0.2) is 5.96 Å². The summed E-state index contributed by atoms with van der Waals surface area (Å²) in [7, 11) is 1.94. The maximum atomic E-state index is 4.76. The van der Waals surface area contributed by atoms with E-state index in [1.165, 1.54) is 0 Å². The summed E-state index contributed by atoms with van der Waals surface area (Å²) in [5, 5.41) is 7.57. The molecule has 0 unspecified atom stereocenters. The van der Waals surface area contributed by atoms with Gasteiger partial charge in [-0.3, -0.25) is 4.68 Å². The predicted octanol–water partition coefficient (Wildman–Crippen LogP) is 1.12. The van der Waals surface area contributed by atoms with E-state index in [2.05, 4.69) is 37.1 Å². The number of rotatable bonds is 4. The van der Waals surface area contributed by atoms with Crippen LogP contribution in [0.2, 0.25) is 0 Å². The van der Waals surface area contributed by atoms with Crippen LogP contribution in [0.1, 0.15) is 12.6 Å². The van der Waals surface area contributed by atoms with Crippen molar-refractivity contribution < 1.29 is 0 Å². The molecule has 0 aliphatic carbocycles. The van der Waals surface area contributed by atoms with Crippen molar-refractivity contribution in [3.05, 3.63) is 36.4 Å². The molecule has 0 bridgehead atoms. The van der Waals surface area contributed by atoms with Gasteiger partial charge in [0.05, 0.1) is 12.2 Å². The van der Waals surface area contributed by atoms with Gasteiger partial charge in [0.2, 0.25) is 5.95 Å². The van der Waals surface area contributed by atoms with E-state index in [4.69, 9.17) is 4.99 Å². The third kappa shape index (κ3) is 5.03. The Hall–Kier alpha value is -1.91. The summed E-state index contributed by atoms with van der Waals surface area (Å²) in [5.41, 5.74) is 1.10. The summed E-state index contributed by atoms with van der Waals surface area (Å²) in [6.45, 7) is 7.14. The molecule has 1 aliphatic heterocycles. The highest BCUT2D eigenvalue weighted by molar-refractivity contribution is 14.0. The summed E-state index contributed by atoms with van der Waals surface area (Å²) >= 11 is 0. The molecule has 3 heterocycles. The lowest BCUT2D eigenvalue weighted by molar-refractivity contribution is 0.370. The largest absolute Gasteiger partial charge is 0.357 e. The molecule has 9 heteroatoms. The van der Waals surface area contributed by atoms with E-state index in [-0.39, 0.29) is 24.0 Å². The molecular formula is C16H25IN8. The van der Waals surface area contributed by atoms with Crippen LogP contribution >= 0.6 is 24.0 Å². The zero-order valence-electron chi connectivity index (χ0n) is 14.7. The molecule has 1 aliphatic rings. The van der Waals surface area contributed by atoms with Crippen molar-refractivity contribution in [2.75, 3.05) is 37.6 Å². The minimum absolute atomic E-state index is 0. The van der Waals surface area contributed by atoms with Crippen molar-refractivity contribution in [1.29, 1.82) is 0 Å². The molecule has 8 nitrogen and oxygen atoms in total. The molecule has 2 aromatic rings. The van der Waals surface area contributed by atoms with E-state index >= 15 is 0 Å². The molecular weight excluding hydrogens is 431 g/mol. The third-order valence-electron chi connectivity index (χ3n) is 4.06. The molecule has 0 radical (unpaired) electrons. The summed E-state index contributed by atoms with van der Waals surface area (Å²) in [6.07, 6.45) is 5.37. The molecule has 0 aromatic carbocycles. The maximum absolute atomic E-state index is 4.76. The number of halogens is 1. The van der Waals surface area contributed by atoms with Gasteiger partial charge in [-0.05, 0) is 19.1 Å². The first-order chi connectivity index (χ1) is 11.8. The van der Waals surface area contributed by atoms with Crippen LogP contribution in [0.4, 0.5) is 5.95 Å². The van der Waals surface area contributed by atoms with Gasteiger partial charge in [0.25, 0.3) is 0 Å². The molecule has 2 aromatic heterocycles. The maximum Gasteiger partial charge on any atom is 0.225 e. The molecule has 25 heavy (non-hydrogen) atoms. The Labute approximate surface area is 165 Å². The first-order valence-corrected chi connectivity index (χ1v) is 8.30. The Bertz CT molecular complexity index is 664. The minimum atomic E-state index is 0. The van der Waals surface area contributed by atoms with Gasteiger partial charge < -0.3 is 15.1 Å². The number of guanidine groups is 1. The highest BCUT2D eigenvalue weighted by atomic mass is 127.